The molecule has 0 atom stereocenters. The van der Waals surface area contributed by atoms with Crippen molar-refractivity contribution >= 4 is 27.5 Å². The molecule has 6 rings (SSSR count). The van der Waals surface area contributed by atoms with Gasteiger partial charge in [-0.2, -0.15) is 5.10 Å². The average molecular weight is 434 g/mol. The van der Waals surface area contributed by atoms with Gasteiger partial charge < -0.3 is 10.2 Å². The smallest absolute Gasteiger partial charge is 0.102 e. The largest absolute Gasteiger partial charge is 0.369 e. The summed E-state index contributed by atoms with van der Waals surface area (Å²) in [7, 11) is 0. The molecule has 0 aliphatic carbocycles. The summed E-state index contributed by atoms with van der Waals surface area (Å²) in [6.07, 6.45) is 1.97. The van der Waals surface area contributed by atoms with Crippen LogP contribution in [0, 0.1) is 13.8 Å². The Morgan fingerprint density at radius 3 is 2.33 bits per heavy atom. The second-order valence-electron chi connectivity index (χ2n) is 8.85. The number of anilines is 1. The van der Waals surface area contributed by atoms with Crippen molar-refractivity contribution < 1.29 is 0 Å². The Bertz CT molecular complexity index is 1460. The summed E-state index contributed by atoms with van der Waals surface area (Å²) in [5, 5.41) is 10.8. The number of hydrogen-bond donors (Lipinski definition) is 1. The van der Waals surface area contributed by atoms with Gasteiger partial charge in [0.2, 0.25) is 0 Å². The number of nitrogens with zero attached hydrogens (tertiary/aromatic N) is 4. The number of rotatable bonds is 3. The molecule has 0 spiro atoms. The first-order valence-electron chi connectivity index (χ1n) is 11.6. The molecule has 1 saturated heterocycles. The third-order valence-electron chi connectivity index (χ3n) is 6.77. The molecule has 3 heterocycles. The number of pyridine rings is 1. The number of nitrogens with one attached hydrogen (secondary N) is 1. The van der Waals surface area contributed by atoms with Crippen LogP contribution >= 0.6 is 0 Å². The summed E-state index contributed by atoms with van der Waals surface area (Å²) in [6.45, 7) is 8.45. The van der Waals surface area contributed by atoms with Gasteiger partial charge in [0.05, 0.1) is 16.7 Å². The third-order valence-corrected chi connectivity index (χ3v) is 6.77. The van der Waals surface area contributed by atoms with Crippen molar-refractivity contribution in [1.82, 2.24) is 20.1 Å². The summed E-state index contributed by atoms with van der Waals surface area (Å²) >= 11 is 0. The summed E-state index contributed by atoms with van der Waals surface area (Å²) in [4.78, 5) is 7.19. The first-order chi connectivity index (χ1) is 16.2. The average Bonchev–Trinajstić information content (AvgIpc) is 3.27. The zero-order valence-corrected chi connectivity index (χ0v) is 19.0. The van der Waals surface area contributed by atoms with Crippen LogP contribution in [-0.2, 0) is 0 Å². The van der Waals surface area contributed by atoms with E-state index in [0.29, 0.717) is 0 Å². The maximum Gasteiger partial charge on any atom is 0.102 e. The molecule has 5 heteroatoms. The minimum absolute atomic E-state index is 0.966. The molecule has 0 radical (unpaired) electrons. The molecule has 3 aromatic carbocycles. The molecule has 1 aliphatic heterocycles. The van der Waals surface area contributed by atoms with Gasteiger partial charge in [-0.3, -0.25) is 4.98 Å². The van der Waals surface area contributed by atoms with E-state index in [1.54, 1.807) is 0 Å². The van der Waals surface area contributed by atoms with Crippen molar-refractivity contribution in [2.24, 2.45) is 0 Å². The number of benzene rings is 3. The highest BCUT2D eigenvalue weighted by molar-refractivity contribution is 6.08. The Kier molecular flexibility index (Phi) is 4.84. The fraction of sp³-hybridized carbons (Fsp3) is 0.214. The third kappa shape index (κ3) is 3.45. The lowest BCUT2D eigenvalue weighted by atomic mass is 10.1. The van der Waals surface area contributed by atoms with Gasteiger partial charge in [-0.15, -0.1) is 0 Å². The molecule has 5 nitrogen and oxygen atoms in total. The van der Waals surface area contributed by atoms with Crippen molar-refractivity contribution in [3.05, 3.63) is 84.1 Å². The van der Waals surface area contributed by atoms with Crippen LogP contribution in [0.1, 0.15) is 11.1 Å². The number of hydrogen-bond acceptors (Lipinski definition) is 4. The first-order valence-corrected chi connectivity index (χ1v) is 11.6. The van der Waals surface area contributed by atoms with Gasteiger partial charge in [-0.1, -0.05) is 36.4 Å². The zero-order chi connectivity index (χ0) is 22.4. The Morgan fingerprint density at radius 2 is 1.55 bits per heavy atom. The van der Waals surface area contributed by atoms with Crippen LogP contribution < -0.4 is 10.2 Å². The monoisotopic (exact) mass is 433 g/mol. The van der Waals surface area contributed by atoms with Gasteiger partial charge in [-0.25, -0.2) is 4.68 Å². The minimum atomic E-state index is 0.966. The molecule has 0 bridgehead atoms. The summed E-state index contributed by atoms with van der Waals surface area (Å²) < 4.78 is 2.09. The number of aromatic nitrogens is 3. The van der Waals surface area contributed by atoms with E-state index < -0.39 is 0 Å². The fourth-order valence-corrected chi connectivity index (χ4v) is 4.74. The summed E-state index contributed by atoms with van der Waals surface area (Å²) in [6, 6.07) is 23.7. The highest BCUT2D eigenvalue weighted by atomic mass is 15.3. The van der Waals surface area contributed by atoms with Gasteiger partial charge >= 0.3 is 0 Å². The molecule has 2 aromatic heterocycles. The van der Waals surface area contributed by atoms with Crippen molar-refractivity contribution in [2.45, 2.75) is 13.8 Å². The quantitative estimate of drug-likeness (QED) is 0.421. The van der Waals surface area contributed by atoms with Crippen molar-refractivity contribution in [2.75, 3.05) is 31.1 Å². The van der Waals surface area contributed by atoms with Gasteiger partial charge in [0.1, 0.15) is 5.69 Å². The first kappa shape index (κ1) is 19.9. The summed E-state index contributed by atoms with van der Waals surface area (Å²) in [5.41, 5.74) is 9.04. The Balaban J connectivity index is 1.54. The summed E-state index contributed by atoms with van der Waals surface area (Å²) in [5.74, 6) is 0. The maximum absolute atomic E-state index is 5.15. The molecule has 0 saturated carbocycles. The van der Waals surface area contributed by atoms with Crippen LogP contribution in [-0.4, -0.2) is 40.9 Å². The van der Waals surface area contributed by atoms with E-state index >= 15 is 0 Å². The predicted molar refractivity (Wildman–Crippen MR) is 136 cm³/mol. The van der Waals surface area contributed by atoms with Crippen LogP contribution in [0.2, 0.25) is 0 Å². The molecule has 1 fully saturated rings. The zero-order valence-electron chi connectivity index (χ0n) is 19.0. The Hall–Kier alpha value is -3.70. The molecule has 164 valence electrons. The van der Waals surface area contributed by atoms with E-state index in [2.05, 4.69) is 89.4 Å². The molecule has 5 aromatic rings. The van der Waals surface area contributed by atoms with E-state index in [1.807, 2.05) is 12.3 Å². The lowest BCUT2D eigenvalue weighted by Crippen LogP contribution is -2.43. The molecular formula is C28H27N5. The molecular weight excluding hydrogens is 406 g/mol. The Labute approximate surface area is 193 Å². The maximum atomic E-state index is 5.15. The van der Waals surface area contributed by atoms with Crippen molar-refractivity contribution in [3.8, 4) is 16.9 Å². The number of piperazine rings is 1. The van der Waals surface area contributed by atoms with Crippen LogP contribution in [0.15, 0.2) is 72.9 Å². The predicted octanol–water partition coefficient (Wildman–Crippen LogP) is 5.27. The van der Waals surface area contributed by atoms with Crippen LogP contribution in [0.5, 0.6) is 0 Å². The molecule has 0 amide bonds. The lowest BCUT2D eigenvalue weighted by Gasteiger charge is -2.29. The fourth-order valence-electron chi connectivity index (χ4n) is 4.74. The second-order valence-corrected chi connectivity index (χ2v) is 8.85. The van der Waals surface area contributed by atoms with Crippen molar-refractivity contribution in [1.29, 1.82) is 0 Å². The molecule has 1 aliphatic rings. The van der Waals surface area contributed by atoms with E-state index in [9.17, 15) is 0 Å². The second kappa shape index (κ2) is 8.01. The van der Waals surface area contributed by atoms with Gasteiger partial charge in [0, 0.05) is 54.4 Å². The van der Waals surface area contributed by atoms with Gasteiger partial charge in [0.15, 0.2) is 0 Å². The molecule has 1 N–H and O–H groups in total. The van der Waals surface area contributed by atoms with E-state index in [4.69, 9.17) is 10.1 Å². The standard InChI is InChI=1S/C28H27N5/c1-19-7-10-23(17-20(19)2)33-28-24-5-3-4-6-26(24)30-18-25(28)27(31-33)21-8-11-22(12-9-21)32-15-13-29-14-16-32/h3-12,17-18,29H,13-16H2,1-2H3. The number of para-hydroxylation sites is 1. The van der Waals surface area contributed by atoms with E-state index in [0.717, 1.165) is 64.9 Å². The molecule has 33 heavy (non-hydrogen) atoms. The van der Waals surface area contributed by atoms with Crippen LogP contribution in [0.4, 0.5) is 5.69 Å². The number of fused-ring (bicyclic) bond motifs is 3. The SMILES string of the molecule is Cc1ccc(-n2nc(-c3ccc(N4CCNCC4)cc3)c3cnc4ccccc4c32)cc1C. The number of aryl methyl sites for hydroxylation is 2. The highest BCUT2D eigenvalue weighted by Crippen LogP contribution is 2.34. The van der Waals surface area contributed by atoms with Crippen molar-refractivity contribution in [3.63, 3.8) is 0 Å². The topological polar surface area (TPSA) is 46.0 Å². The van der Waals surface area contributed by atoms with Crippen LogP contribution in [0.3, 0.4) is 0 Å². The highest BCUT2D eigenvalue weighted by Gasteiger charge is 2.18. The van der Waals surface area contributed by atoms with Gasteiger partial charge in [0.25, 0.3) is 0 Å². The minimum Gasteiger partial charge on any atom is -0.369 e. The molecule has 0 unspecified atom stereocenters. The van der Waals surface area contributed by atoms with Crippen LogP contribution in [0.25, 0.3) is 38.8 Å². The van der Waals surface area contributed by atoms with E-state index in [-0.39, 0.29) is 0 Å². The lowest BCUT2D eigenvalue weighted by molar-refractivity contribution is 0.589. The normalized spacial score (nSPS) is 14.3. The Morgan fingerprint density at radius 1 is 0.788 bits per heavy atom. The van der Waals surface area contributed by atoms with E-state index in [1.165, 1.54) is 16.8 Å². The van der Waals surface area contributed by atoms with Gasteiger partial charge in [-0.05, 0) is 55.3 Å².